The zero-order valence-electron chi connectivity index (χ0n) is 20.5. The van der Waals surface area contributed by atoms with Gasteiger partial charge in [-0.25, -0.2) is 9.97 Å². The molecule has 5 N–H and O–H groups in total. The average molecular weight is 488 g/mol. The van der Waals surface area contributed by atoms with E-state index in [2.05, 4.69) is 25.7 Å². The lowest BCUT2D eigenvalue weighted by atomic mass is 10.1. The fraction of sp³-hybridized carbons (Fsp3) is 0.320. The number of benzene rings is 1. The molecule has 0 radical (unpaired) electrons. The van der Waals surface area contributed by atoms with Crippen LogP contribution in [0.4, 0.5) is 17.5 Å². The first-order valence-electron chi connectivity index (χ1n) is 11.8. The predicted octanol–water partition coefficient (Wildman–Crippen LogP) is 2.61. The maximum atomic E-state index is 12.8. The third-order valence-corrected chi connectivity index (χ3v) is 6.61. The van der Waals surface area contributed by atoms with Crippen LogP contribution >= 0.6 is 0 Å². The number of hydrogen-bond donors (Lipinski definition) is 4. The van der Waals surface area contributed by atoms with Crippen LogP contribution in [0.3, 0.4) is 0 Å². The van der Waals surface area contributed by atoms with Gasteiger partial charge >= 0.3 is 0 Å². The van der Waals surface area contributed by atoms with E-state index in [4.69, 9.17) is 10.7 Å². The number of hydrogen-bond acceptors (Lipinski definition) is 7. The van der Waals surface area contributed by atoms with Crippen molar-refractivity contribution in [1.82, 2.24) is 29.6 Å². The van der Waals surface area contributed by atoms with Gasteiger partial charge < -0.3 is 21.4 Å². The second-order valence-corrected chi connectivity index (χ2v) is 9.15. The molecule has 11 nitrogen and oxygen atoms in total. The van der Waals surface area contributed by atoms with Gasteiger partial charge in [0.15, 0.2) is 5.82 Å². The number of aromatic nitrogens is 5. The molecule has 4 heterocycles. The average Bonchev–Trinajstić information content (AvgIpc) is 3.55. The molecule has 1 aromatic carbocycles. The first-order valence-corrected chi connectivity index (χ1v) is 11.8. The smallest absolute Gasteiger partial charge is 0.238 e. The number of carbonyl (C=O) groups excluding carboxylic acids is 2. The normalized spacial score (nSPS) is 15.9. The molecular formula is C25H29N9O2. The van der Waals surface area contributed by atoms with E-state index in [1.54, 1.807) is 10.9 Å². The van der Waals surface area contributed by atoms with Crippen molar-refractivity contribution in [1.29, 1.82) is 0 Å². The largest absolute Gasteiger partial charge is 0.368 e. The highest BCUT2D eigenvalue weighted by molar-refractivity contribution is 6.06. The molecule has 1 atom stereocenters. The topological polar surface area (TPSA) is 147 Å². The zero-order valence-corrected chi connectivity index (χ0v) is 20.5. The summed E-state index contributed by atoms with van der Waals surface area (Å²) in [6, 6.07) is 7.26. The number of aromatic amines is 1. The van der Waals surface area contributed by atoms with Crippen LogP contribution < -0.4 is 16.4 Å². The van der Waals surface area contributed by atoms with Gasteiger partial charge in [0.1, 0.15) is 0 Å². The number of H-pyrrole nitrogens is 1. The van der Waals surface area contributed by atoms with Gasteiger partial charge in [-0.15, -0.1) is 0 Å². The van der Waals surface area contributed by atoms with Gasteiger partial charge in [-0.1, -0.05) is 12.1 Å². The molecule has 1 aliphatic rings. The van der Waals surface area contributed by atoms with E-state index in [0.717, 1.165) is 39.8 Å². The van der Waals surface area contributed by atoms with Crippen LogP contribution in [0, 0.1) is 13.8 Å². The Kier molecular flexibility index (Phi) is 6.15. The highest BCUT2D eigenvalue weighted by Crippen LogP contribution is 2.33. The van der Waals surface area contributed by atoms with Crippen LogP contribution in [-0.4, -0.2) is 60.6 Å². The number of aryl methyl sites for hydroxylation is 3. The van der Waals surface area contributed by atoms with E-state index < -0.39 is 0 Å². The molecule has 0 bridgehead atoms. The van der Waals surface area contributed by atoms with E-state index in [0.29, 0.717) is 30.4 Å². The minimum atomic E-state index is -0.387. The molecule has 4 aromatic rings. The Morgan fingerprint density at radius 1 is 1.28 bits per heavy atom. The molecule has 1 aliphatic heterocycles. The molecule has 1 unspecified atom stereocenters. The highest BCUT2D eigenvalue weighted by atomic mass is 16.2. The van der Waals surface area contributed by atoms with Crippen LogP contribution in [0.1, 0.15) is 24.1 Å². The Balaban J connectivity index is 1.39. The monoisotopic (exact) mass is 487 g/mol. The summed E-state index contributed by atoms with van der Waals surface area (Å²) in [6.07, 6.45) is 5.20. The fourth-order valence-electron chi connectivity index (χ4n) is 4.68. The van der Waals surface area contributed by atoms with Crippen molar-refractivity contribution in [2.75, 3.05) is 23.7 Å². The first-order chi connectivity index (χ1) is 17.3. The van der Waals surface area contributed by atoms with Gasteiger partial charge in [0.2, 0.25) is 17.8 Å². The number of carbonyl (C=O) groups is 2. The molecule has 0 aliphatic carbocycles. The van der Waals surface area contributed by atoms with Crippen LogP contribution in [0.25, 0.3) is 22.2 Å². The maximum absolute atomic E-state index is 12.8. The number of amides is 2. The van der Waals surface area contributed by atoms with Crippen LogP contribution in [-0.2, 0) is 16.6 Å². The number of rotatable bonds is 7. The van der Waals surface area contributed by atoms with Gasteiger partial charge in [-0.05, 0) is 44.9 Å². The Morgan fingerprint density at radius 3 is 2.86 bits per heavy atom. The number of anilines is 3. The summed E-state index contributed by atoms with van der Waals surface area (Å²) in [5, 5.41) is 11.5. The quantitative estimate of drug-likeness (QED) is 0.313. The number of fused-ring (bicyclic) bond motifs is 1. The Bertz CT molecular complexity index is 1440. The van der Waals surface area contributed by atoms with E-state index in [1.165, 1.54) is 0 Å². The third kappa shape index (κ3) is 4.52. The number of primary amides is 1. The van der Waals surface area contributed by atoms with Gasteiger partial charge in [-0.2, -0.15) is 5.10 Å². The van der Waals surface area contributed by atoms with Crippen molar-refractivity contribution >= 4 is 40.2 Å². The van der Waals surface area contributed by atoms with E-state index in [9.17, 15) is 9.59 Å². The van der Waals surface area contributed by atoms with Crippen molar-refractivity contribution in [2.24, 2.45) is 12.8 Å². The minimum Gasteiger partial charge on any atom is -0.368 e. The number of likely N-dealkylation sites (tertiary alicyclic amines) is 1. The summed E-state index contributed by atoms with van der Waals surface area (Å²) in [7, 11) is 1.88. The standard InChI is InChI=1S/C25H29N9O2/c1-14-11-28-25(30-20-10-15(2)33(3)32-20)31-22(14)17-12-27-23-16(17)6-4-7-18(23)29-21(35)13-34-9-5-8-19(34)24(26)36/h4,6-7,10-12,19,27H,5,8-9,13H2,1-3H3,(H2,26,36)(H,29,35)(H,28,30,31,32). The Morgan fingerprint density at radius 2 is 2.11 bits per heavy atom. The SMILES string of the molecule is Cc1cnc(Nc2cc(C)n(C)n2)nc1-c1c[nH]c2c(NC(=O)CN3CCCC3C(N)=O)cccc12. The molecule has 1 saturated heterocycles. The molecule has 36 heavy (non-hydrogen) atoms. The van der Waals surface area contributed by atoms with E-state index in [-0.39, 0.29) is 24.4 Å². The van der Waals surface area contributed by atoms with Crippen LogP contribution in [0.2, 0.25) is 0 Å². The first kappa shape index (κ1) is 23.5. The Hall–Kier alpha value is -4.25. The van der Waals surface area contributed by atoms with Gasteiger partial charge in [0.05, 0.1) is 29.5 Å². The molecule has 3 aromatic heterocycles. The lowest BCUT2D eigenvalue weighted by Gasteiger charge is -2.21. The predicted molar refractivity (Wildman–Crippen MR) is 138 cm³/mol. The van der Waals surface area contributed by atoms with Crippen molar-refractivity contribution in [3.63, 3.8) is 0 Å². The lowest BCUT2D eigenvalue weighted by molar-refractivity contribution is -0.123. The lowest BCUT2D eigenvalue weighted by Crippen LogP contribution is -2.43. The fourth-order valence-corrected chi connectivity index (χ4v) is 4.68. The highest BCUT2D eigenvalue weighted by Gasteiger charge is 2.30. The molecular weight excluding hydrogens is 458 g/mol. The molecule has 0 saturated carbocycles. The summed E-state index contributed by atoms with van der Waals surface area (Å²) in [5.74, 6) is 0.540. The molecule has 11 heteroatoms. The van der Waals surface area contributed by atoms with Crippen molar-refractivity contribution in [3.8, 4) is 11.3 Å². The van der Waals surface area contributed by atoms with Crippen LogP contribution in [0.15, 0.2) is 36.7 Å². The summed E-state index contributed by atoms with van der Waals surface area (Å²) in [5.41, 5.74) is 10.5. The van der Waals surface area contributed by atoms with Gasteiger partial charge in [0, 0.05) is 42.2 Å². The summed E-state index contributed by atoms with van der Waals surface area (Å²) >= 11 is 0. The zero-order chi connectivity index (χ0) is 25.4. The second-order valence-electron chi connectivity index (χ2n) is 9.15. The van der Waals surface area contributed by atoms with Crippen molar-refractivity contribution in [2.45, 2.75) is 32.7 Å². The van der Waals surface area contributed by atoms with Gasteiger partial charge in [0.25, 0.3) is 0 Å². The number of nitrogens with two attached hydrogens (primary N) is 1. The summed E-state index contributed by atoms with van der Waals surface area (Å²) in [6.45, 7) is 4.73. The van der Waals surface area contributed by atoms with E-state index >= 15 is 0 Å². The molecule has 2 amide bonds. The number of para-hydroxylation sites is 1. The van der Waals surface area contributed by atoms with E-state index in [1.807, 2.05) is 56.3 Å². The maximum Gasteiger partial charge on any atom is 0.238 e. The molecule has 1 fully saturated rings. The summed E-state index contributed by atoms with van der Waals surface area (Å²) in [4.78, 5) is 38.7. The van der Waals surface area contributed by atoms with Crippen molar-refractivity contribution in [3.05, 3.63) is 47.9 Å². The minimum absolute atomic E-state index is 0.116. The van der Waals surface area contributed by atoms with Gasteiger partial charge in [-0.3, -0.25) is 19.2 Å². The summed E-state index contributed by atoms with van der Waals surface area (Å²) < 4.78 is 1.78. The number of nitrogens with one attached hydrogen (secondary N) is 3. The van der Waals surface area contributed by atoms with Crippen molar-refractivity contribution < 1.29 is 9.59 Å². The molecule has 186 valence electrons. The number of nitrogens with zero attached hydrogens (tertiary/aromatic N) is 5. The third-order valence-electron chi connectivity index (χ3n) is 6.61. The molecule has 0 spiro atoms. The second kappa shape index (κ2) is 9.42. The Labute approximate surface area is 208 Å². The van der Waals surface area contributed by atoms with Crippen LogP contribution in [0.5, 0.6) is 0 Å². The molecule has 5 rings (SSSR count).